The largest absolute Gasteiger partial charge is 0.416 e. The van der Waals surface area contributed by atoms with E-state index < -0.39 is 11.7 Å². The lowest BCUT2D eigenvalue weighted by atomic mass is 10.1. The second-order valence-corrected chi connectivity index (χ2v) is 4.87. The molecule has 3 N–H and O–H groups in total. The first-order valence-electron chi connectivity index (χ1n) is 6.86. The minimum Gasteiger partial charge on any atom is -0.395 e. The SMILES string of the molecule is OCCNc1nccc2[nH]c(-c3cccc(C(F)(F)F)c3)nc12. The fourth-order valence-corrected chi connectivity index (χ4v) is 2.22. The number of hydrogen-bond acceptors (Lipinski definition) is 4. The third-order valence-electron chi connectivity index (χ3n) is 3.27. The number of aromatic amines is 1. The number of rotatable bonds is 4. The van der Waals surface area contributed by atoms with Gasteiger partial charge in [0.15, 0.2) is 5.82 Å². The summed E-state index contributed by atoms with van der Waals surface area (Å²) in [6.07, 6.45) is -2.85. The van der Waals surface area contributed by atoms with E-state index in [1.807, 2.05) is 0 Å². The van der Waals surface area contributed by atoms with Crippen molar-refractivity contribution in [3.05, 3.63) is 42.1 Å². The van der Waals surface area contributed by atoms with Crippen LogP contribution >= 0.6 is 0 Å². The van der Waals surface area contributed by atoms with Crippen molar-refractivity contribution in [2.45, 2.75) is 6.18 Å². The van der Waals surface area contributed by atoms with E-state index >= 15 is 0 Å². The van der Waals surface area contributed by atoms with Crippen molar-refractivity contribution in [1.82, 2.24) is 15.0 Å². The molecule has 2 heterocycles. The van der Waals surface area contributed by atoms with E-state index in [1.165, 1.54) is 6.07 Å². The van der Waals surface area contributed by atoms with Crippen LogP contribution in [0.4, 0.5) is 19.0 Å². The molecule has 8 heteroatoms. The third-order valence-corrected chi connectivity index (χ3v) is 3.27. The van der Waals surface area contributed by atoms with Crippen molar-refractivity contribution in [1.29, 1.82) is 0 Å². The average Bonchev–Trinajstić information content (AvgIpc) is 2.97. The summed E-state index contributed by atoms with van der Waals surface area (Å²) in [7, 11) is 0. The van der Waals surface area contributed by atoms with E-state index in [4.69, 9.17) is 5.11 Å². The monoisotopic (exact) mass is 322 g/mol. The van der Waals surface area contributed by atoms with Gasteiger partial charge in [-0.2, -0.15) is 13.2 Å². The molecular weight excluding hydrogens is 309 g/mol. The molecule has 0 aliphatic carbocycles. The van der Waals surface area contributed by atoms with Gasteiger partial charge in [-0.3, -0.25) is 0 Å². The maximum atomic E-state index is 12.8. The van der Waals surface area contributed by atoms with Crippen molar-refractivity contribution in [3.8, 4) is 11.4 Å². The van der Waals surface area contributed by atoms with Gasteiger partial charge in [-0.05, 0) is 18.2 Å². The molecule has 1 aromatic carbocycles. The third kappa shape index (κ3) is 3.11. The number of aromatic nitrogens is 3. The van der Waals surface area contributed by atoms with Gasteiger partial charge in [0.2, 0.25) is 0 Å². The first-order valence-corrected chi connectivity index (χ1v) is 6.86. The maximum Gasteiger partial charge on any atom is 0.416 e. The zero-order valence-electron chi connectivity index (χ0n) is 11.9. The van der Waals surface area contributed by atoms with Crippen LogP contribution < -0.4 is 5.32 Å². The number of nitrogens with one attached hydrogen (secondary N) is 2. The normalized spacial score (nSPS) is 11.8. The Morgan fingerprint density at radius 2 is 2.04 bits per heavy atom. The van der Waals surface area contributed by atoms with Crippen LogP contribution in [0.5, 0.6) is 0 Å². The smallest absolute Gasteiger partial charge is 0.395 e. The zero-order valence-corrected chi connectivity index (χ0v) is 11.9. The van der Waals surface area contributed by atoms with Crippen molar-refractivity contribution in [3.63, 3.8) is 0 Å². The molecule has 3 rings (SSSR count). The van der Waals surface area contributed by atoms with E-state index in [0.29, 0.717) is 34.8 Å². The molecule has 0 atom stereocenters. The molecule has 0 fully saturated rings. The topological polar surface area (TPSA) is 73.8 Å². The van der Waals surface area contributed by atoms with Crippen LogP contribution in [0.3, 0.4) is 0 Å². The van der Waals surface area contributed by atoms with Gasteiger partial charge in [0, 0.05) is 18.3 Å². The summed E-state index contributed by atoms with van der Waals surface area (Å²) < 4.78 is 38.5. The van der Waals surface area contributed by atoms with Crippen LogP contribution in [-0.2, 0) is 6.18 Å². The van der Waals surface area contributed by atoms with E-state index in [-0.39, 0.29) is 6.61 Å². The molecule has 0 spiro atoms. The van der Waals surface area contributed by atoms with Crippen molar-refractivity contribution in [2.24, 2.45) is 0 Å². The number of H-pyrrole nitrogens is 1. The first-order chi connectivity index (χ1) is 11.0. The molecule has 0 aliphatic rings. The second kappa shape index (κ2) is 5.88. The van der Waals surface area contributed by atoms with E-state index in [9.17, 15) is 13.2 Å². The lowest BCUT2D eigenvalue weighted by molar-refractivity contribution is -0.137. The van der Waals surface area contributed by atoms with Crippen LogP contribution in [-0.4, -0.2) is 33.2 Å². The summed E-state index contributed by atoms with van der Waals surface area (Å²) in [6.45, 7) is 0.237. The van der Waals surface area contributed by atoms with Crippen LogP contribution in [0.15, 0.2) is 36.5 Å². The van der Waals surface area contributed by atoms with E-state index in [1.54, 1.807) is 18.3 Å². The molecule has 0 aliphatic heterocycles. The molecule has 0 saturated heterocycles. The second-order valence-electron chi connectivity index (χ2n) is 4.87. The Hall–Kier alpha value is -2.61. The molecule has 0 radical (unpaired) electrons. The van der Waals surface area contributed by atoms with Gasteiger partial charge >= 0.3 is 6.18 Å². The van der Waals surface area contributed by atoms with Gasteiger partial charge in [-0.15, -0.1) is 0 Å². The Morgan fingerprint density at radius 1 is 1.22 bits per heavy atom. The van der Waals surface area contributed by atoms with Gasteiger partial charge in [0.1, 0.15) is 11.3 Å². The molecular formula is C15H13F3N4O. The Balaban J connectivity index is 2.04. The van der Waals surface area contributed by atoms with Crippen molar-refractivity contribution >= 4 is 16.9 Å². The number of alkyl halides is 3. The number of aliphatic hydroxyl groups is 1. The summed E-state index contributed by atoms with van der Waals surface area (Å²) in [6, 6.07) is 6.65. The predicted molar refractivity (Wildman–Crippen MR) is 79.9 cm³/mol. The highest BCUT2D eigenvalue weighted by Gasteiger charge is 2.30. The average molecular weight is 322 g/mol. The highest BCUT2D eigenvalue weighted by Crippen LogP contribution is 2.32. The summed E-state index contributed by atoms with van der Waals surface area (Å²) in [5.41, 5.74) is 0.762. The molecule has 2 aromatic heterocycles. The number of nitrogens with zero attached hydrogens (tertiary/aromatic N) is 2. The van der Waals surface area contributed by atoms with E-state index in [0.717, 1.165) is 12.1 Å². The molecule has 23 heavy (non-hydrogen) atoms. The minimum atomic E-state index is -4.41. The summed E-state index contributed by atoms with van der Waals surface area (Å²) in [5, 5.41) is 11.8. The lowest BCUT2D eigenvalue weighted by Gasteiger charge is -2.07. The first kappa shape index (κ1) is 15.3. The number of imidazole rings is 1. The minimum absolute atomic E-state index is 0.0665. The summed E-state index contributed by atoms with van der Waals surface area (Å²) in [5.74, 6) is 0.789. The van der Waals surface area contributed by atoms with Gasteiger partial charge in [0.05, 0.1) is 17.7 Å². The molecule has 3 aromatic rings. The summed E-state index contributed by atoms with van der Waals surface area (Å²) >= 11 is 0. The van der Waals surface area contributed by atoms with Crippen LogP contribution in [0.1, 0.15) is 5.56 Å². The Kier molecular flexibility index (Phi) is 3.91. The quantitative estimate of drug-likeness (QED) is 0.690. The number of pyridine rings is 1. The van der Waals surface area contributed by atoms with Gasteiger partial charge < -0.3 is 15.4 Å². The molecule has 0 amide bonds. The number of halogens is 3. The number of benzene rings is 1. The van der Waals surface area contributed by atoms with Gasteiger partial charge in [0.25, 0.3) is 0 Å². The fourth-order valence-electron chi connectivity index (χ4n) is 2.22. The van der Waals surface area contributed by atoms with E-state index in [2.05, 4.69) is 20.3 Å². The standard InChI is InChI=1S/C15H13F3N4O/c16-15(17,18)10-3-1-2-9(8-10)13-21-11-4-5-19-14(12(11)22-13)20-6-7-23/h1-5,8,23H,6-7H2,(H,19,20)(H,21,22). The fraction of sp³-hybridized carbons (Fsp3) is 0.200. The maximum absolute atomic E-state index is 12.8. The highest BCUT2D eigenvalue weighted by atomic mass is 19.4. The lowest BCUT2D eigenvalue weighted by Crippen LogP contribution is -2.07. The Morgan fingerprint density at radius 3 is 2.78 bits per heavy atom. The van der Waals surface area contributed by atoms with Gasteiger partial charge in [-0.25, -0.2) is 9.97 Å². The molecule has 0 unspecified atom stereocenters. The Bertz CT molecular complexity index is 829. The van der Waals surface area contributed by atoms with Crippen LogP contribution in [0.2, 0.25) is 0 Å². The van der Waals surface area contributed by atoms with Crippen LogP contribution in [0, 0.1) is 0 Å². The molecule has 5 nitrogen and oxygen atoms in total. The highest BCUT2D eigenvalue weighted by molar-refractivity contribution is 5.88. The van der Waals surface area contributed by atoms with Crippen molar-refractivity contribution in [2.75, 3.05) is 18.5 Å². The number of aliphatic hydroxyl groups excluding tert-OH is 1. The zero-order chi connectivity index (χ0) is 16.4. The molecule has 0 saturated carbocycles. The number of hydrogen-bond donors (Lipinski definition) is 3. The van der Waals surface area contributed by atoms with Gasteiger partial charge in [-0.1, -0.05) is 12.1 Å². The van der Waals surface area contributed by atoms with Crippen molar-refractivity contribution < 1.29 is 18.3 Å². The number of fused-ring (bicyclic) bond motifs is 1. The Labute approximate surface area is 129 Å². The number of anilines is 1. The summed E-state index contributed by atoms with van der Waals surface area (Å²) in [4.78, 5) is 11.4. The molecule has 0 bridgehead atoms. The van der Waals surface area contributed by atoms with Crippen LogP contribution in [0.25, 0.3) is 22.4 Å². The predicted octanol–water partition coefficient (Wildman–Crippen LogP) is 3.05. The molecule has 120 valence electrons.